The van der Waals surface area contributed by atoms with Crippen LogP contribution in [0, 0.1) is 5.92 Å². The Kier molecular flexibility index (Phi) is 21.8. The van der Waals surface area contributed by atoms with Gasteiger partial charge in [-0.1, -0.05) is 38.3 Å². The number of hydrogen-bond donors (Lipinski definition) is 4. The van der Waals surface area contributed by atoms with Gasteiger partial charge >= 0.3 is 0 Å². The number of ether oxygens (including phenoxy) is 3. The maximum Gasteiger partial charge on any atom is 0.252 e. The van der Waals surface area contributed by atoms with Crippen LogP contribution in [0.5, 0.6) is 11.5 Å². The third-order valence-corrected chi connectivity index (χ3v) is 19.7. The van der Waals surface area contributed by atoms with E-state index in [0.29, 0.717) is 75.9 Å². The zero-order valence-electron chi connectivity index (χ0n) is 40.4. The Balaban J connectivity index is 0.000000227. The summed E-state index contributed by atoms with van der Waals surface area (Å²) in [4.78, 5) is 26.5. The van der Waals surface area contributed by atoms with E-state index in [4.69, 9.17) is 14.2 Å². The number of carbonyl (C=O) groups excluding carboxylic acids is 2. The van der Waals surface area contributed by atoms with Crippen LogP contribution < -0.4 is 30.7 Å². The van der Waals surface area contributed by atoms with Gasteiger partial charge in [0.25, 0.3) is 31.9 Å². The molecule has 0 spiro atoms. The highest BCUT2D eigenvalue weighted by Crippen LogP contribution is 2.29. The number of nitrogens with one attached hydrogen (secondary N) is 4. The second-order valence-corrected chi connectivity index (χ2v) is 24.5. The van der Waals surface area contributed by atoms with Crippen molar-refractivity contribution in [1.29, 1.82) is 0 Å². The average Bonchev–Trinajstić information content (AvgIpc) is 3.93. The first-order valence-electron chi connectivity index (χ1n) is 24.5. The summed E-state index contributed by atoms with van der Waals surface area (Å²) >= 11 is 2.44. The highest BCUT2D eigenvalue weighted by atomic mass is 32.3. The number of hydrogen-bond acceptors (Lipinski definition) is 13. The smallest absolute Gasteiger partial charge is 0.252 e. The molecule has 380 valence electrons. The monoisotopic (exact) mass is 1030 g/mol. The fourth-order valence-electron chi connectivity index (χ4n) is 8.84. The third kappa shape index (κ3) is 16.6. The van der Waals surface area contributed by atoms with E-state index >= 15 is 0 Å². The Morgan fingerprint density at radius 3 is 1.61 bits per heavy atom. The SMILES string of the molecule is CCCOCCNC1CCCN(S(=O)(=O)c2ccc(CNC(=O)c3cccc(OC)c3)s2)CC1.COc1cccc(C(=O)NCc2ccc(S(=O)(=O)N3CCCC(NCC4CCCCC4)CC3)s2)c1. The number of nitrogens with zero attached hydrogens (tertiary/aromatic N) is 2. The Hall–Kier alpha value is -3.92. The van der Waals surface area contributed by atoms with Gasteiger partial charge in [-0.25, -0.2) is 16.8 Å². The second-order valence-electron chi connectivity index (χ2n) is 17.8. The van der Waals surface area contributed by atoms with Crippen molar-refractivity contribution in [2.75, 3.05) is 66.7 Å². The summed E-state index contributed by atoms with van der Waals surface area (Å²) in [6.07, 6.45) is 13.0. The van der Waals surface area contributed by atoms with Crippen LogP contribution in [-0.2, 0) is 37.9 Å². The summed E-state index contributed by atoms with van der Waals surface area (Å²) in [5.41, 5.74) is 0.998. The molecule has 1 saturated carbocycles. The number of rotatable bonds is 21. The van der Waals surface area contributed by atoms with E-state index in [1.54, 1.807) is 95.6 Å². The van der Waals surface area contributed by atoms with E-state index < -0.39 is 20.0 Å². The van der Waals surface area contributed by atoms with Gasteiger partial charge in [-0.05, 0) is 131 Å². The van der Waals surface area contributed by atoms with E-state index in [0.717, 1.165) is 80.3 Å². The fourth-order valence-corrected chi connectivity index (χ4v) is 14.7. The predicted molar refractivity (Wildman–Crippen MR) is 273 cm³/mol. The molecular formula is C50H72N6O9S4. The van der Waals surface area contributed by atoms with Gasteiger partial charge in [0.2, 0.25) is 0 Å². The number of carbonyl (C=O) groups is 2. The molecule has 4 aromatic rings. The van der Waals surface area contributed by atoms with Crippen LogP contribution in [0.3, 0.4) is 0 Å². The molecule has 2 aromatic heterocycles. The lowest BCUT2D eigenvalue weighted by molar-refractivity contribution is 0.0943. The lowest BCUT2D eigenvalue weighted by atomic mass is 9.89. The van der Waals surface area contributed by atoms with E-state index in [1.807, 2.05) is 0 Å². The van der Waals surface area contributed by atoms with Gasteiger partial charge in [-0.3, -0.25) is 9.59 Å². The van der Waals surface area contributed by atoms with Crippen LogP contribution in [0.25, 0.3) is 0 Å². The van der Waals surface area contributed by atoms with Crippen molar-refractivity contribution in [1.82, 2.24) is 29.9 Å². The molecule has 3 fully saturated rings. The molecular weight excluding hydrogens is 957 g/mol. The van der Waals surface area contributed by atoms with Crippen LogP contribution in [0.15, 0.2) is 81.2 Å². The minimum atomic E-state index is -3.55. The quantitative estimate of drug-likeness (QED) is 0.0602. The topological polar surface area (TPSA) is 185 Å². The highest BCUT2D eigenvalue weighted by Gasteiger charge is 2.31. The van der Waals surface area contributed by atoms with E-state index in [1.165, 1.54) is 54.8 Å². The standard InChI is InChI=1S/C26H37N3O4S2.C24H35N3O5S2/c1-33-23-11-5-9-21(17-23)26(30)28-19-24-12-13-25(34-24)35(31,32)29-15-6-10-22(14-16-29)27-18-20-7-3-2-4-8-20;1-3-15-32-16-12-25-20-7-5-13-27(14-11-20)34(29,30)23-10-9-22(33-23)18-26-24(28)19-6-4-8-21(17-19)31-2/h5,9,11-13,17,20,22,27H,2-4,6-8,10,14-16,18-19H2,1H3,(H,28,30);4,6,8-10,17,20,25H,3,5,7,11-16,18H2,1-2H3,(H,26,28). The van der Waals surface area contributed by atoms with Gasteiger partial charge in [0.1, 0.15) is 19.9 Å². The van der Waals surface area contributed by atoms with Crippen LogP contribution in [0.1, 0.15) is 114 Å². The number of benzene rings is 2. The number of amides is 2. The Bertz CT molecular complexity index is 2440. The van der Waals surface area contributed by atoms with Crippen LogP contribution in [0.4, 0.5) is 0 Å². The van der Waals surface area contributed by atoms with Crippen LogP contribution in [-0.4, -0.2) is 116 Å². The molecule has 2 unspecified atom stereocenters. The molecule has 7 rings (SSSR count). The maximum atomic E-state index is 13.3. The largest absolute Gasteiger partial charge is 0.497 e. The minimum Gasteiger partial charge on any atom is -0.497 e. The molecule has 15 nitrogen and oxygen atoms in total. The van der Waals surface area contributed by atoms with E-state index in [9.17, 15) is 26.4 Å². The van der Waals surface area contributed by atoms with Gasteiger partial charge in [0.05, 0.1) is 33.9 Å². The zero-order chi connectivity index (χ0) is 49.1. The summed E-state index contributed by atoms with van der Waals surface area (Å²) in [6, 6.07) is 21.4. The van der Waals surface area contributed by atoms with Gasteiger partial charge in [0, 0.05) is 72.3 Å². The summed E-state index contributed by atoms with van der Waals surface area (Å²) < 4.78 is 72.8. The summed E-state index contributed by atoms with van der Waals surface area (Å²) in [5.74, 6) is 1.55. The molecule has 2 atom stereocenters. The van der Waals surface area contributed by atoms with Gasteiger partial charge in [0.15, 0.2) is 0 Å². The van der Waals surface area contributed by atoms with E-state index in [-0.39, 0.29) is 24.9 Å². The van der Waals surface area contributed by atoms with Crippen LogP contribution in [0.2, 0.25) is 0 Å². The van der Waals surface area contributed by atoms with Gasteiger partial charge in [-0.15, -0.1) is 22.7 Å². The molecule has 4 heterocycles. The lowest BCUT2D eigenvalue weighted by Crippen LogP contribution is -2.36. The summed E-state index contributed by atoms with van der Waals surface area (Å²) in [5, 5.41) is 12.9. The molecule has 0 bridgehead atoms. The van der Waals surface area contributed by atoms with Gasteiger partial charge in [-0.2, -0.15) is 8.61 Å². The fraction of sp³-hybridized carbons (Fsp3) is 0.560. The minimum absolute atomic E-state index is 0.221. The summed E-state index contributed by atoms with van der Waals surface area (Å²) in [7, 11) is -3.97. The average molecular weight is 1030 g/mol. The van der Waals surface area contributed by atoms with Crippen molar-refractivity contribution in [2.24, 2.45) is 5.92 Å². The first kappa shape index (κ1) is 54.4. The number of sulfonamides is 2. The molecule has 2 saturated heterocycles. The van der Waals surface area contributed by atoms with E-state index in [2.05, 4.69) is 28.2 Å². The maximum absolute atomic E-state index is 13.3. The molecule has 2 aromatic carbocycles. The second kappa shape index (κ2) is 27.6. The molecule has 2 aliphatic heterocycles. The highest BCUT2D eigenvalue weighted by molar-refractivity contribution is 7.91. The normalized spacial score (nSPS) is 18.8. The van der Waals surface area contributed by atoms with Gasteiger partial charge < -0.3 is 35.5 Å². The van der Waals surface area contributed by atoms with Crippen molar-refractivity contribution >= 4 is 54.5 Å². The molecule has 1 aliphatic carbocycles. The Labute approximate surface area is 418 Å². The Morgan fingerprint density at radius 1 is 0.609 bits per heavy atom. The first-order chi connectivity index (χ1) is 33.4. The molecule has 19 heteroatoms. The molecule has 2 amide bonds. The number of methoxy groups -OCH3 is 2. The first-order valence-corrected chi connectivity index (χ1v) is 29.0. The lowest BCUT2D eigenvalue weighted by Gasteiger charge is -2.25. The molecule has 3 aliphatic rings. The molecule has 4 N–H and O–H groups in total. The predicted octanol–water partition coefficient (Wildman–Crippen LogP) is 7.65. The Morgan fingerprint density at radius 2 is 1.12 bits per heavy atom. The van der Waals surface area contributed by atoms with Crippen molar-refractivity contribution in [3.8, 4) is 11.5 Å². The third-order valence-electron chi connectivity index (χ3n) is 12.8. The molecule has 69 heavy (non-hydrogen) atoms. The van der Waals surface area contributed by atoms with Crippen molar-refractivity contribution in [3.63, 3.8) is 0 Å². The zero-order valence-corrected chi connectivity index (χ0v) is 43.7. The van der Waals surface area contributed by atoms with Crippen LogP contribution >= 0.6 is 22.7 Å². The number of thiophene rings is 2. The van der Waals surface area contributed by atoms with Crippen molar-refractivity contribution < 1.29 is 40.6 Å². The van der Waals surface area contributed by atoms with Crippen molar-refractivity contribution in [2.45, 2.75) is 118 Å². The summed E-state index contributed by atoms with van der Waals surface area (Å²) in [6.45, 7) is 8.05. The molecule has 0 radical (unpaired) electrons. The van der Waals surface area contributed by atoms with Crippen molar-refractivity contribution in [3.05, 3.63) is 93.7 Å².